The van der Waals surface area contributed by atoms with Crippen molar-refractivity contribution < 1.29 is 4.79 Å². The maximum absolute atomic E-state index is 12.2. The van der Waals surface area contributed by atoms with Gasteiger partial charge in [0.1, 0.15) is 17.2 Å². The zero-order valence-corrected chi connectivity index (χ0v) is 16.8. The summed E-state index contributed by atoms with van der Waals surface area (Å²) >= 11 is 1.47. The normalized spacial score (nSPS) is 15.4. The molecule has 0 bridgehead atoms. The zero-order chi connectivity index (χ0) is 18.9. The Balaban J connectivity index is 1.42. The maximum atomic E-state index is 12.2. The van der Waals surface area contributed by atoms with Crippen LogP contribution in [0.3, 0.4) is 0 Å². The lowest BCUT2D eigenvalue weighted by atomic mass is 10.1. The Hall–Kier alpha value is -2.08. The molecule has 6 heteroatoms. The highest BCUT2D eigenvalue weighted by molar-refractivity contribution is 7.99. The number of hydrogen-bond donors (Lipinski definition) is 1. The number of piperidine rings is 1. The molecule has 0 aliphatic carbocycles. The van der Waals surface area contributed by atoms with Gasteiger partial charge in [0, 0.05) is 25.2 Å². The quantitative estimate of drug-likeness (QED) is 0.556. The van der Waals surface area contributed by atoms with Gasteiger partial charge in [-0.2, -0.15) is 0 Å². The number of aromatic nitrogens is 2. The van der Waals surface area contributed by atoms with Gasteiger partial charge in [-0.25, -0.2) is 9.97 Å². The summed E-state index contributed by atoms with van der Waals surface area (Å²) in [5, 5.41) is 3.94. The van der Waals surface area contributed by atoms with Crippen LogP contribution in [0.2, 0.25) is 0 Å². The van der Waals surface area contributed by atoms with Crippen molar-refractivity contribution in [3.05, 3.63) is 48.3 Å². The number of rotatable bonds is 8. The van der Waals surface area contributed by atoms with Crippen LogP contribution < -0.4 is 10.2 Å². The number of benzene rings is 1. The highest BCUT2D eigenvalue weighted by Gasteiger charge is 2.14. The molecule has 1 aliphatic rings. The van der Waals surface area contributed by atoms with Gasteiger partial charge in [-0.05, 0) is 44.6 Å². The number of anilines is 1. The van der Waals surface area contributed by atoms with Crippen LogP contribution in [0.5, 0.6) is 0 Å². The van der Waals surface area contributed by atoms with E-state index < -0.39 is 0 Å². The van der Waals surface area contributed by atoms with Gasteiger partial charge in [-0.15, -0.1) is 0 Å². The van der Waals surface area contributed by atoms with E-state index in [2.05, 4.69) is 51.4 Å². The number of carbonyl (C=O) groups is 1. The van der Waals surface area contributed by atoms with E-state index in [4.69, 9.17) is 0 Å². The predicted octanol–water partition coefficient (Wildman–Crippen LogP) is 3.70. The van der Waals surface area contributed by atoms with E-state index in [0.29, 0.717) is 5.75 Å². The third kappa shape index (κ3) is 6.54. The number of amides is 1. The van der Waals surface area contributed by atoms with Crippen molar-refractivity contribution in [1.82, 2.24) is 15.3 Å². The topological polar surface area (TPSA) is 58.1 Å². The van der Waals surface area contributed by atoms with Crippen LogP contribution in [0.4, 0.5) is 5.82 Å². The van der Waals surface area contributed by atoms with Gasteiger partial charge in [0.05, 0.1) is 5.75 Å². The number of carbonyl (C=O) groups excluding carboxylic acids is 1. The molecule has 2 heterocycles. The monoisotopic (exact) mass is 384 g/mol. The molecular weight excluding hydrogens is 356 g/mol. The Labute approximate surface area is 166 Å². The second-order valence-electron chi connectivity index (χ2n) is 7.04. The summed E-state index contributed by atoms with van der Waals surface area (Å²) in [4.78, 5) is 23.2. The molecule has 5 nitrogen and oxygen atoms in total. The second kappa shape index (κ2) is 10.3. The Morgan fingerprint density at radius 2 is 1.96 bits per heavy atom. The van der Waals surface area contributed by atoms with Crippen molar-refractivity contribution >= 4 is 23.5 Å². The van der Waals surface area contributed by atoms with Crippen molar-refractivity contribution in [2.24, 2.45) is 0 Å². The van der Waals surface area contributed by atoms with Crippen molar-refractivity contribution in [1.29, 1.82) is 0 Å². The van der Waals surface area contributed by atoms with Crippen molar-refractivity contribution in [2.45, 2.75) is 50.1 Å². The van der Waals surface area contributed by atoms with Crippen LogP contribution in [0.25, 0.3) is 0 Å². The lowest BCUT2D eigenvalue weighted by molar-refractivity contribution is -0.119. The van der Waals surface area contributed by atoms with E-state index in [9.17, 15) is 4.79 Å². The first kappa shape index (κ1) is 19.7. The largest absolute Gasteiger partial charge is 0.356 e. The van der Waals surface area contributed by atoms with Crippen molar-refractivity contribution in [2.75, 3.05) is 23.7 Å². The summed E-state index contributed by atoms with van der Waals surface area (Å²) < 4.78 is 0. The van der Waals surface area contributed by atoms with Crippen LogP contribution in [0.1, 0.15) is 38.2 Å². The van der Waals surface area contributed by atoms with Gasteiger partial charge in [-0.3, -0.25) is 4.79 Å². The van der Waals surface area contributed by atoms with Crippen LogP contribution in [-0.4, -0.2) is 40.8 Å². The fourth-order valence-electron chi connectivity index (χ4n) is 3.26. The summed E-state index contributed by atoms with van der Waals surface area (Å²) in [6.07, 6.45) is 7.25. The van der Waals surface area contributed by atoms with Crippen LogP contribution in [-0.2, 0) is 11.2 Å². The molecule has 27 heavy (non-hydrogen) atoms. The SMILES string of the molecule is C[C@H](CCc1ccccc1)NC(=O)CSc1cc(N2CCCCC2)ncn1. The lowest BCUT2D eigenvalue weighted by Gasteiger charge is -2.27. The van der Waals surface area contributed by atoms with Gasteiger partial charge in [0.2, 0.25) is 5.91 Å². The van der Waals surface area contributed by atoms with E-state index in [-0.39, 0.29) is 11.9 Å². The predicted molar refractivity (Wildman–Crippen MR) is 111 cm³/mol. The summed E-state index contributed by atoms with van der Waals surface area (Å²) in [6.45, 7) is 4.17. The van der Waals surface area contributed by atoms with Crippen molar-refractivity contribution in [3.63, 3.8) is 0 Å². The zero-order valence-electron chi connectivity index (χ0n) is 15.9. The molecule has 1 atom stereocenters. The lowest BCUT2D eigenvalue weighted by Crippen LogP contribution is -2.34. The molecule has 2 aromatic rings. The molecule has 1 fully saturated rings. The Bertz CT molecular complexity index is 719. The first-order valence-electron chi connectivity index (χ1n) is 9.74. The van der Waals surface area contributed by atoms with Gasteiger partial charge in [-0.1, -0.05) is 42.1 Å². The number of thioether (sulfide) groups is 1. The molecule has 0 spiro atoms. The first-order valence-corrected chi connectivity index (χ1v) is 10.7. The Kier molecular flexibility index (Phi) is 7.51. The second-order valence-corrected chi connectivity index (χ2v) is 8.04. The van der Waals surface area contributed by atoms with E-state index in [0.717, 1.165) is 36.8 Å². The Morgan fingerprint density at radius 1 is 1.19 bits per heavy atom. The molecular formula is C21H28N4OS. The molecule has 144 valence electrons. The van der Waals surface area contributed by atoms with Gasteiger partial charge in [0.15, 0.2) is 0 Å². The first-order chi connectivity index (χ1) is 13.2. The fourth-order valence-corrected chi connectivity index (χ4v) is 3.93. The number of nitrogens with zero attached hydrogens (tertiary/aromatic N) is 3. The molecule has 1 aromatic carbocycles. The molecule has 1 amide bonds. The average Bonchev–Trinajstić information content (AvgIpc) is 2.72. The van der Waals surface area contributed by atoms with E-state index in [1.165, 1.54) is 36.6 Å². The van der Waals surface area contributed by atoms with Crippen LogP contribution in [0, 0.1) is 0 Å². The number of nitrogens with one attached hydrogen (secondary N) is 1. The third-order valence-corrected chi connectivity index (χ3v) is 5.70. The molecule has 0 radical (unpaired) electrons. The number of hydrogen-bond acceptors (Lipinski definition) is 5. The molecule has 0 unspecified atom stereocenters. The standard InChI is InChI=1S/C21H28N4OS/c1-17(10-11-18-8-4-2-5-9-18)24-20(26)15-27-21-14-19(22-16-23-21)25-12-6-3-7-13-25/h2,4-5,8-9,14,16-17H,3,6-7,10-13,15H2,1H3,(H,24,26)/t17-/m1/s1. The summed E-state index contributed by atoms with van der Waals surface area (Å²) in [5.74, 6) is 1.41. The molecule has 1 saturated heterocycles. The summed E-state index contributed by atoms with van der Waals surface area (Å²) in [7, 11) is 0. The summed E-state index contributed by atoms with van der Waals surface area (Å²) in [6, 6.07) is 12.5. The van der Waals surface area contributed by atoms with Gasteiger partial charge in [0.25, 0.3) is 0 Å². The summed E-state index contributed by atoms with van der Waals surface area (Å²) in [5.41, 5.74) is 1.30. The molecule has 1 N–H and O–H groups in total. The third-order valence-electron chi connectivity index (χ3n) is 4.77. The van der Waals surface area contributed by atoms with Gasteiger partial charge >= 0.3 is 0 Å². The minimum Gasteiger partial charge on any atom is -0.356 e. The van der Waals surface area contributed by atoms with Crippen molar-refractivity contribution in [3.8, 4) is 0 Å². The van der Waals surface area contributed by atoms with Crippen LogP contribution in [0.15, 0.2) is 47.8 Å². The molecule has 1 aliphatic heterocycles. The van der Waals surface area contributed by atoms with E-state index >= 15 is 0 Å². The smallest absolute Gasteiger partial charge is 0.230 e. The minimum atomic E-state index is 0.0543. The average molecular weight is 385 g/mol. The number of aryl methyl sites for hydroxylation is 1. The van der Waals surface area contributed by atoms with E-state index in [1.807, 2.05) is 12.1 Å². The minimum absolute atomic E-state index is 0.0543. The maximum Gasteiger partial charge on any atom is 0.230 e. The molecule has 3 rings (SSSR count). The Morgan fingerprint density at radius 3 is 2.74 bits per heavy atom. The van der Waals surface area contributed by atoms with E-state index in [1.54, 1.807) is 6.33 Å². The van der Waals surface area contributed by atoms with Crippen LogP contribution >= 0.6 is 11.8 Å². The molecule has 0 saturated carbocycles. The highest BCUT2D eigenvalue weighted by Crippen LogP contribution is 2.22. The van der Waals surface area contributed by atoms with Gasteiger partial charge < -0.3 is 10.2 Å². The highest BCUT2D eigenvalue weighted by atomic mass is 32.2. The molecule has 1 aromatic heterocycles. The fraction of sp³-hybridized carbons (Fsp3) is 0.476.